The van der Waals surface area contributed by atoms with Crippen LogP contribution in [-0.4, -0.2) is 7.05 Å². The first-order valence-corrected chi connectivity index (χ1v) is 5.72. The van der Waals surface area contributed by atoms with Crippen molar-refractivity contribution in [2.24, 2.45) is 0 Å². The number of benzene rings is 2. The summed E-state index contributed by atoms with van der Waals surface area (Å²) < 4.78 is 13.6. The lowest BCUT2D eigenvalue weighted by Gasteiger charge is -2.12. The second-order valence-electron chi connectivity index (χ2n) is 4.10. The van der Waals surface area contributed by atoms with Crippen LogP contribution in [0, 0.1) is 12.7 Å². The van der Waals surface area contributed by atoms with Crippen molar-refractivity contribution in [1.82, 2.24) is 5.32 Å². The number of rotatable bonds is 3. The summed E-state index contributed by atoms with van der Waals surface area (Å²) in [5, 5.41) is 3.13. The lowest BCUT2D eigenvalue weighted by molar-refractivity contribution is 0.619. The fourth-order valence-electron chi connectivity index (χ4n) is 2.03. The molecule has 0 aliphatic rings. The molecule has 2 heteroatoms. The molecule has 17 heavy (non-hydrogen) atoms. The Balaban J connectivity index is 2.56. The van der Waals surface area contributed by atoms with E-state index in [0.29, 0.717) is 5.56 Å². The van der Waals surface area contributed by atoms with E-state index in [0.717, 1.165) is 17.7 Å². The Hall–Kier alpha value is -1.67. The second kappa shape index (κ2) is 5.11. The van der Waals surface area contributed by atoms with Crippen LogP contribution in [0.2, 0.25) is 0 Å². The van der Waals surface area contributed by atoms with Crippen molar-refractivity contribution in [2.75, 3.05) is 7.05 Å². The predicted octanol–water partition coefficient (Wildman–Crippen LogP) is 3.52. The minimum absolute atomic E-state index is 0.151. The molecule has 0 spiro atoms. The molecule has 88 valence electrons. The molecule has 0 atom stereocenters. The zero-order chi connectivity index (χ0) is 12.3. The Morgan fingerprint density at radius 3 is 2.47 bits per heavy atom. The van der Waals surface area contributed by atoms with Gasteiger partial charge in [0.25, 0.3) is 0 Å². The van der Waals surface area contributed by atoms with Gasteiger partial charge in [-0.25, -0.2) is 4.39 Å². The summed E-state index contributed by atoms with van der Waals surface area (Å²) >= 11 is 0. The van der Waals surface area contributed by atoms with Crippen LogP contribution in [0.15, 0.2) is 42.5 Å². The highest BCUT2D eigenvalue weighted by atomic mass is 19.1. The van der Waals surface area contributed by atoms with Crippen LogP contribution in [0.4, 0.5) is 4.39 Å². The minimum Gasteiger partial charge on any atom is -0.316 e. The molecule has 2 rings (SSSR count). The molecule has 0 bridgehead atoms. The van der Waals surface area contributed by atoms with Crippen LogP contribution in [0.25, 0.3) is 11.1 Å². The van der Waals surface area contributed by atoms with Crippen molar-refractivity contribution in [3.8, 4) is 11.1 Å². The number of hydrogen-bond acceptors (Lipinski definition) is 1. The van der Waals surface area contributed by atoms with Crippen molar-refractivity contribution in [2.45, 2.75) is 13.5 Å². The third-order valence-corrected chi connectivity index (χ3v) is 2.94. The fourth-order valence-corrected chi connectivity index (χ4v) is 2.03. The van der Waals surface area contributed by atoms with Crippen molar-refractivity contribution in [1.29, 1.82) is 0 Å². The van der Waals surface area contributed by atoms with Crippen molar-refractivity contribution < 1.29 is 4.39 Å². The van der Waals surface area contributed by atoms with E-state index >= 15 is 0 Å². The zero-order valence-corrected chi connectivity index (χ0v) is 10.1. The Morgan fingerprint density at radius 2 is 1.71 bits per heavy atom. The highest BCUT2D eigenvalue weighted by Gasteiger charge is 2.08. The van der Waals surface area contributed by atoms with Gasteiger partial charge in [-0.15, -0.1) is 0 Å². The van der Waals surface area contributed by atoms with E-state index in [2.05, 4.69) is 11.4 Å². The first kappa shape index (κ1) is 11.8. The third kappa shape index (κ3) is 2.37. The Kier molecular flexibility index (Phi) is 3.55. The first-order valence-electron chi connectivity index (χ1n) is 5.72. The molecule has 2 aromatic rings. The monoisotopic (exact) mass is 229 g/mol. The van der Waals surface area contributed by atoms with Crippen molar-refractivity contribution in [3.63, 3.8) is 0 Å². The van der Waals surface area contributed by atoms with E-state index in [1.54, 1.807) is 6.07 Å². The SMILES string of the molecule is CNCc1ccccc1-c1cccc(F)c1C. The second-order valence-corrected chi connectivity index (χ2v) is 4.10. The van der Waals surface area contributed by atoms with Gasteiger partial charge < -0.3 is 5.32 Å². The number of nitrogens with one attached hydrogen (secondary N) is 1. The van der Waals surface area contributed by atoms with E-state index in [9.17, 15) is 4.39 Å². The lowest BCUT2D eigenvalue weighted by Crippen LogP contribution is -2.06. The Bertz CT molecular complexity index is 520. The lowest BCUT2D eigenvalue weighted by atomic mass is 9.96. The van der Waals surface area contributed by atoms with Crippen LogP contribution in [-0.2, 0) is 6.54 Å². The summed E-state index contributed by atoms with van der Waals surface area (Å²) in [6.45, 7) is 2.60. The van der Waals surface area contributed by atoms with Crippen molar-refractivity contribution in [3.05, 3.63) is 59.4 Å². The molecular weight excluding hydrogens is 213 g/mol. The molecule has 0 saturated heterocycles. The molecule has 1 N–H and O–H groups in total. The molecule has 0 fully saturated rings. The smallest absolute Gasteiger partial charge is 0.126 e. The number of halogens is 1. The molecule has 0 unspecified atom stereocenters. The summed E-state index contributed by atoms with van der Waals surface area (Å²) in [5.74, 6) is -0.151. The van der Waals surface area contributed by atoms with Gasteiger partial charge in [-0.2, -0.15) is 0 Å². The molecule has 0 saturated carbocycles. The summed E-state index contributed by atoms with van der Waals surface area (Å²) in [7, 11) is 1.91. The first-order chi connectivity index (χ1) is 8.24. The van der Waals surface area contributed by atoms with Gasteiger partial charge in [0.15, 0.2) is 0 Å². The molecule has 1 nitrogen and oxygen atoms in total. The summed E-state index contributed by atoms with van der Waals surface area (Å²) in [5.41, 5.74) is 3.95. The molecule has 0 aromatic heterocycles. The van der Waals surface area contributed by atoms with Gasteiger partial charge in [-0.1, -0.05) is 36.4 Å². The van der Waals surface area contributed by atoms with Gasteiger partial charge >= 0.3 is 0 Å². The van der Waals surface area contributed by atoms with Crippen LogP contribution in [0.3, 0.4) is 0 Å². The largest absolute Gasteiger partial charge is 0.316 e. The zero-order valence-electron chi connectivity index (χ0n) is 10.1. The minimum atomic E-state index is -0.151. The number of hydrogen-bond donors (Lipinski definition) is 1. The predicted molar refractivity (Wildman–Crippen MR) is 69.3 cm³/mol. The quantitative estimate of drug-likeness (QED) is 0.849. The van der Waals surface area contributed by atoms with E-state index in [1.807, 2.05) is 38.2 Å². The summed E-state index contributed by atoms with van der Waals surface area (Å²) in [6.07, 6.45) is 0. The molecule has 2 aromatic carbocycles. The molecule has 0 amide bonds. The highest BCUT2D eigenvalue weighted by Crippen LogP contribution is 2.28. The van der Waals surface area contributed by atoms with Gasteiger partial charge in [0.05, 0.1) is 0 Å². The Morgan fingerprint density at radius 1 is 1.00 bits per heavy atom. The van der Waals surface area contributed by atoms with Gasteiger partial charge in [0, 0.05) is 6.54 Å². The molecule has 0 aliphatic carbocycles. The van der Waals surface area contributed by atoms with E-state index in [1.165, 1.54) is 11.6 Å². The summed E-state index contributed by atoms with van der Waals surface area (Å²) in [6, 6.07) is 13.3. The highest BCUT2D eigenvalue weighted by molar-refractivity contribution is 5.70. The van der Waals surface area contributed by atoms with Crippen molar-refractivity contribution >= 4 is 0 Å². The Labute approximate surface area is 101 Å². The fraction of sp³-hybridized carbons (Fsp3) is 0.200. The van der Waals surface area contributed by atoms with Gasteiger partial charge in [0.2, 0.25) is 0 Å². The third-order valence-electron chi connectivity index (χ3n) is 2.94. The van der Waals surface area contributed by atoms with Crippen LogP contribution in [0.5, 0.6) is 0 Å². The molecule has 0 aliphatic heterocycles. The average molecular weight is 229 g/mol. The normalized spacial score (nSPS) is 10.5. The maximum Gasteiger partial charge on any atom is 0.126 e. The molecule has 0 radical (unpaired) electrons. The van der Waals surface area contributed by atoms with Gasteiger partial charge in [0.1, 0.15) is 5.82 Å². The maximum absolute atomic E-state index is 13.6. The van der Waals surface area contributed by atoms with E-state index in [-0.39, 0.29) is 5.82 Å². The average Bonchev–Trinajstić information content (AvgIpc) is 2.34. The van der Waals surface area contributed by atoms with Gasteiger partial charge in [-0.05, 0) is 42.3 Å². The van der Waals surface area contributed by atoms with Gasteiger partial charge in [-0.3, -0.25) is 0 Å². The van der Waals surface area contributed by atoms with Crippen LogP contribution >= 0.6 is 0 Å². The summed E-state index contributed by atoms with van der Waals surface area (Å²) in [4.78, 5) is 0. The molecule has 0 heterocycles. The van der Waals surface area contributed by atoms with Crippen LogP contribution < -0.4 is 5.32 Å². The van der Waals surface area contributed by atoms with E-state index < -0.39 is 0 Å². The topological polar surface area (TPSA) is 12.0 Å². The molecular formula is C15H16FN. The van der Waals surface area contributed by atoms with Crippen LogP contribution in [0.1, 0.15) is 11.1 Å². The maximum atomic E-state index is 13.6. The van der Waals surface area contributed by atoms with E-state index in [4.69, 9.17) is 0 Å². The standard InChI is InChI=1S/C15H16FN/c1-11-13(8-5-9-15(11)16)14-7-4-3-6-12(14)10-17-2/h3-9,17H,10H2,1-2H3.